The van der Waals surface area contributed by atoms with Crippen molar-refractivity contribution in [2.45, 2.75) is 6.42 Å². The van der Waals surface area contributed by atoms with Crippen LogP contribution in [0.15, 0.2) is 61.4 Å². The number of nitrogens with two attached hydrogens (primary N) is 1. The van der Waals surface area contributed by atoms with Gasteiger partial charge in [-0.1, -0.05) is 0 Å². The molecule has 146 valence electrons. The summed E-state index contributed by atoms with van der Waals surface area (Å²) in [6, 6.07) is 8.59. The van der Waals surface area contributed by atoms with Gasteiger partial charge in [-0.15, -0.1) is 0 Å². The molecule has 0 fully saturated rings. The van der Waals surface area contributed by atoms with Crippen molar-refractivity contribution in [2.24, 2.45) is 5.73 Å². The Morgan fingerprint density at radius 3 is 2.57 bits per heavy atom. The third-order valence-electron chi connectivity index (χ3n) is 4.37. The average Bonchev–Trinajstić information content (AvgIpc) is 3.30. The number of carbonyl (C=O) groups is 1. The molecule has 1 aromatic carbocycles. The molecule has 3 aromatic heterocycles. The number of nitrogens with zero attached hydrogens (tertiary/aromatic N) is 7. The van der Waals surface area contributed by atoms with Crippen LogP contribution in [0.25, 0.3) is 17.3 Å². The molecular formula is C21H16N8O. The Bertz CT molecular complexity index is 1230. The summed E-state index contributed by atoms with van der Waals surface area (Å²) in [7, 11) is 0. The first-order chi connectivity index (χ1) is 14.7. The Hall–Kier alpha value is -4.29. The molecule has 0 saturated heterocycles. The van der Waals surface area contributed by atoms with Crippen LogP contribution < -0.4 is 5.73 Å². The average molecular weight is 396 g/mol. The standard InChI is InChI=1S/C21H16N8O/c22-5-4-15-10-26-20(27-11-15)17-3-2-14(9-23)8-18(17)19(30)16-12-28-29(13-16)21-24-6-1-7-25-21/h1-3,6-8,10-13H,4-5,22H2. The molecule has 0 atom stereocenters. The number of rotatable bonds is 6. The quantitative estimate of drug-likeness (QED) is 0.487. The maximum absolute atomic E-state index is 13.2. The first-order valence-electron chi connectivity index (χ1n) is 9.12. The lowest BCUT2D eigenvalue weighted by atomic mass is 9.97. The van der Waals surface area contributed by atoms with Gasteiger partial charge < -0.3 is 5.73 Å². The van der Waals surface area contributed by atoms with Crippen molar-refractivity contribution in [1.29, 1.82) is 5.26 Å². The predicted molar refractivity (Wildman–Crippen MR) is 108 cm³/mol. The van der Waals surface area contributed by atoms with Crippen molar-refractivity contribution in [2.75, 3.05) is 6.54 Å². The second-order valence-corrected chi connectivity index (χ2v) is 6.38. The van der Waals surface area contributed by atoms with Crippen LogP contribution >= 0.6 is 0 Å². The molecule has 0 aliphatic carbocycles. The second-order valence-electron chi connectivity index (χ2n) is 6.38. The number of carbonyl (C=O) groups excluding carboxylic acids is 1. The van der Waals surface area contributed by atoms with Gasteiger partial charge in [-0.3, -0.25) is 4.79 Å². The van der Waals surface area contributed by atoms with E-state index < -0.39 is 0 Å². The maximum Gasteiger partial charge on any atom is 0.250 e. The molecule has 0 bridgehead atoms. The molecule has 4 rings (SSSR count). The van der Waals surface area contributed by atoms with Crippen LogP contribution in [-0.4, -0.2) is 42.0 Å². The number of ketones is 1. The molecule has 9 nitrogen and oxygen atoms in total. The largest absolute Gasteiger partial charge is 0.330 e. The minimum absolute atomic E-state index is 0.307. The number of nitriles is 1. The Labute approximate surface area is 171 Å². The zero-order chi connectivity index (χ0) is 20.9. The summed E-state index contributed by atoms with van der Waals surface area (Å²) in [6.07, 6.45) is 10.2. The SMILES string of the molecule is N#Cc1ccc(-c2ncc(CCN)cn2)c(C(=O)c2cnn(-c3ncccn3)c2)c1. The van der Waals surface area contributed by atoms with E-state index in [1.165, 1.54) is 16.9 Å². The van der Waals surface area contributed by atoms with Gasteiger partial charge in [0.2, 0.25) is 5.95 Å². The van der Waals surface area contributed by atoms with Crippen molar-refractivity contribution in [1.82, 2.24) is 29.7 Å². The van der Waals surface area contributed by atoms with Crippen LogP contribution in [0.2, 0.25) is 0 Å². The highest BCUT2D eigenvalue weighted by Crippen LogP contribution is 2.24. The molecule has 0 unspecified atom stereocenters. The van der Waals surface area contributed by atoms with Gasteiger partial charge in [-0.2, -0.15) is 10.4 Å². The molecule has 2 N–H and O–H groups in total. The van der Waals surface area contributed by atoms with Crippen molar-refractivity contribution in [3.8, 4) is 23.4 Å². The van der Waals surface area contributed by atoms with Gasteiger partial charge in [-0.05, 0) is 42.8 Å². The maximum atomic E-state index is 13.2. The fourth-order valence-electron chi connectivity index (χ4n) is 2.90. The van der Waals surface area contributed by atoms with E-state index >= 15 is 0 Å². The summed E-state index contributed by atoms with van der Waals surface area (Å²) < 4.78 is 1.42. The highest BCUT2D eigenvalue weighted by atomic mass is 16.1. The number of aromatic nitrogens is 6. The molecular weight excluding hydrogens is 380 g/mol. The molecule has 30 heavy (non-hydrogen) atoms. The summed E-state index contributed by atoms with van der Waals surface area (Å²) in [5.74, 6) is 0.433. The van der Waals surface area contributed by atoms with Gasteiger partial charge in [0.25, 0.3) is 0 Å². The molecule has 0 amide bonds. The summed E-state index contributed by atoms with van der Waals surface area (Å²) in [6.45, 7) is 0.498. The highest BCUT2D eigenvalue weighted by molar-refractivity contribution is 6.12. The Morgan fingerprint density at radius 2 is 1.87 bits per heavy atom. The lowest BCUT2D eigenvalue weighted by Gasteiger charge is -2.08. The number of hydrogen-bond donors (Lipinski definition) is 1. The first kappa shape index (κ1) is 19.0. The van der Waals surface area contributed by atoms with Gasteiger partial charge in [0, 0.05) is 42.1 Å². The van der Waals surface area contributed by atoms with E-state index in [2.05, 4.69) is 31.1 Å². The summed E-state index contributed by atoms with van der Waals surface area (Å²) in [4.78, 5) is 30.2. The zero-order valence-corrected chi connectivity index (χ0v) is 15.8. The van der Waals surface area contributed by atoms with Crippen molar-refractivity contribution in [3.63, 3.8) is 0 Å². The summed E-state index contributed by atoms with van der Waals surface area (Å²) in [5.41, 5.74) is 8.01. The monoisotopic (exact) mass is 396 g/mol. The van der Waals surface area contributed by atoms with Crippen molar-refractivity contribution < 1.29 is 4.79 Å². The lowest BCUT2D eigenvalue weighted by Crippen LogP contribution is -2.07. The second kappa shape index (κ2) is 8.38. The van der Waals surface area contributed by atoms with Gasteiger partial charge in [-0.25, -0.2) is 24.6 Å². The van der Waals surface area contributed by atoms with E-state index in [9.17, 15) is 10.1 Å². The van der Waals surface area contributed by atoms with E-state index in [0.29, 0.717) is 47.0 Å². The zero-order valence-electron chi connectivity index (χ0n) is 15.8. The molecule has 3 heterocycles. The van der Waals surface area contributed by atoms with Crippen molar-refractivity contribution in [3.05, 3.63) is 83.7 Å². The molecule has 0 saturated carbocycles. The normalized spacial score (nSPS) is 10.5. The predicted octanol–water partition coefficient (Wildman–Crippen LogP) is 1.72. The first-order valence-corrected chi connectivity index (χ1v) is 9.12. The minimum Gasteiger partial charge on any atom is -0.330 e. The van der Waals surface area contributed by atoms with E-state index in [4.69, 9.17) is 5.73 Å². The molecule has 4 aromatic rings. The van der Waals surface area contributed by atoms with E-state index in [-0.39, 0.29) is 5.78 Å². The van der Waals surface area contributed by atoms with Gasteiger partial charge in [0.1, 0.15) is 0 Å². The van der Waals surface area contributed by atoms with Gasteiger partial charge in [0.05, 0.1) is 23.4 Å². The Kier molecular flexibility index (Phi) is 5.32. The van der Waals surface area contributed by atoms with Gasteiger partial charge in [0.15, 0.2) is 11.6 Å². The fraction of sp³-hybridized carbons (Fsp3) is 0.0952. The van der Waals surface area contributed by atoms with E-state index in [0.717, 1.165) is 5.56 Å². The van der Waals surface area contributed by atoms with Crippen LogP contribution in [-0.2, 0) is 6.42 Å². The molecule has 0 aliphatic rings. The smallest absolute Gasteiger partial charge is 0.250 e. The molecule has 9 heteroatoms. The number of benzene rings is 1. The fourth-order valence-corrected chi connectivity index (χ4v) is 2.90. The van der Waals surface area contributed by atoms with Crippen LogP contribution in [0, 0.1) is 11.3 Å². The Balaban J connectivity index is 1.73. The molecule has 0 radical (unpaired) electrons. The van der Waals surface area contributed by atoms with Crippen LogP contribution in [0.1, 0.15) is 27.0 Å². The van der Waals surface area contributed by atoms with Crippen LogP contribution in [0.3, 0.4) is 0 Å². The third-order valence-corrected chi connectivity index (χ3v) is 4.37. The minimum atomic E-state index is -0.307. The number of hydrogen-bond acceptors (Lipinski definition) is 8. The Morgan fingerprint density at radius 1 is 1.10 bits per heavy atom. The van der Waals surface area contributed by atoms with Crippen molar-refractivity contribution >= 4 is 5.78 Å². The summed E-state index contributed by atoms with van der Waals surface area (Å²) in [5, 5.41) is 13.5. The molecule has 0 aliphatic heterocycles. The topological polar surface area (TPSA) is 136 Å². The highest BCUT2D eigenvalue weighted by Gasteiger charge is 2.19. The lowest BCUT2D eigenvalue weighted by molar-refractivity contribution is 0.103. The van der Waals surface area contributed by atoms with E-state index in [1.807, 2.05) is 0 Å². The van der Waals surface area contributed by atoms with E-state index in [1.54, 1.807) is 49.2 Å². The molecule has 0 spiro atoms. The van der Waals surface area contributed by atoms with Gasteiger partial charge >= 0.3 is 0 Å². The van der Waals surface area contributed by atoms with Crippen LogP contribution in [0.5, 0.6) is 0 Å². The summed E-state index contributed by atoms with van der Waals surface area (Å²) >= 11 is 0. The third kappa shape index (κ3) is 3.80. The van der Waals surface area contributed by atoms with Crippen LogP contribution in [0.4, 0.5) is 0 Å².